The first kappa shape index (κ1) is 23.0. The highest BCUT2D eigenvalue weighted by atomic mass is 32.1. The molecule has 2 aliphatic heterocycles. The summed E-state index contributed by atoms with van der Waals surface area (Å²) in [5.74, 6) is 0.569. The van der Waals surface area contributed by atoms with Crippen molar-refractivity contribution < 1.29 is 14.2 Å². The van der Waals surface area contributed by atoms with E-state index in [-0.39, 0.29) is 30.3 Å². The molecule has 2 aromatic heterocycles. The van der Waals surface area contributed by atoms with Gasteiger partial charge in [-0.05, 0) is 65.1 Å². The van der Waals surface area contributed by atoms with Crippen LogP contribution < -0.4 is 15.4 Å². The standard InChI is InChI=1S/C23H20N10O3S/c24-9-14-2-1-3-15(8-14)27-22(37)28-18-10-34-21-19(11-35-20(18)21)33-23(29-30-31-33)36-17-6-4-16(5-7-17)32-13-25-12-26-32/h1-8,12-13,18-21H,10-11H2,(H2,27,28,37). The van der Waals surface area contributed by atoms with Gasteiger partial charge in [-0.3, -0.25) is 0 Å². The summed E-state index contributed by atoms with van der Waals surface area (Å²) in [4.78, 5) is 3.95. The number of anilines is 1. The van der Waals surface area contributed by atoms with Crippen LogP contribution in [0.15, 0.2) is 61.2 Å². The molecule has 2 aliphatic rings. The molecule has 2 saturated heterocycles. The Morgan fingerprint density at radius 1 is 1.14 bits per heavy atom. The predicted molar refractivity (Wildman–Crippen MR) is 132 cm³/mol. The minimum absolute atomic E-state index is 0.167. The number of hydrogen-bond donors (Lipinski definition) is 2. The van der Waals surface area contributed by atoms with E-state index < -0.39 is 0 Å². The summed E-state index contributed by atoms with van der Waals surface area (Å²) in [5, 5.41) is 32.0. The molecule has 186 valence electrons. The molecule has 2 N–H and O–H groups in total. The van der Waals surface area contributed by atoms with E-state index in [0.717, 1.165) is 11.4 Å². The van der Waals surface area contributed by atoms with Crippen molar-refractivity contribution in [2.45, 2.75) is 24.3 Å². The van der Waals surface area contributed by atoms with Crippen LogP contribution in [0.5, 0.6) is 11.8 Å². The quantitative estimate of drug-likeness (QED) is 0.358. The highest BCUT2D eigenvalue weighted by Gasteiger charge is 2.50. The lowest BCUT2D eigenvalue weighted by Gasteiger charge is -2.20. The van der Waals surface area contributed by atoms with Gasteiger partial charge in [0.25, 0.3) is 0 Å². The van der Waals surface area contributed by atoms with E-state index in [0.29, 0.717) is 29.6 Å². The number of thiocarbonyl (C=S) groups is 1. The van der Waals surface area contributed by atoms with Crippen molar-refractivity contribution in [3.05, 3.63) is 66.7 Å². The Bertz CT molecular complexity index is 1440. The Balaban J connectivity index is 1.09. The summed E-state index contributed by atoms with van der Waals surface area (Å²) in [6.45, 7) is 0.749. The minimum Gasteiger partial charge on any atom is -0.423 e. The average Bonchev–Trinajstić information content (AvgIpc) is 3.71. The summed E-state index contributed by atoms with van der Waals surface area (Å²) >= 11 is 5.47. The number of tetrazole rings is 1. The summed E-state index contributed by atoms with van der Waals surface area (Å²) in [6.07, 6.45) is 2.54. The lowest BCUT2D eigenvalue weighted by molar-refractivity contribution is 0.0615. The van der Waals surface area contributed by atoms with Crippen LogP contribution >= 0.6 is 12.2 Å². The van der Waals surface area contributed by atoms with Gasteiger partial charge in [-0.15, -0.1) is 0 Å². The van der Waals surface area contributed by atoms with Gasteiger partial charge in [0.15, 0.2) is 5.11 Å². The highest BCUT2D eigenvalue weighted by molar-refractivity contribution is 7.80. The van der Waals surface area contributed by atoms with Gasteiger partial charge >= 0.3 is 6.01 Å². The number of nitriles is 1. The molecule has 4 unspecified atom stereocenters. The van der Waals surface area contributed by atoms with Gasteiger partial charge in [0, 0.05) is 5.69 Å². The Kier molecular flexibility index (Phi) is 6.15. The van der Waals surface area contributed by atoms with Crippen LogP contribution in [0.1, 0.15) is 11.6 Å². The van der Waals surface area contributed by atoms with Crippen molar-refractivity contribution in [3.8, 4) is 23.5 Å². The van der Waals surface area contributed by atoms with Crippen LogP contribution in [-0.2, 0) is 9.47 Å². The van der Waals surface area contributed by atoms with Gasteiger partial charge in [-0.25, -0.2) is 9.67 Å². The lowest BCUT2D eigenvalue weighted by Crippen LogP contribution is -2.45. The molecule has 0 radical (unpaired) electrons. The zero-order valence-corrected chi connectivity index (χ0v) is 20.0. The third kappa shape index (κ3) is 4.70. The lowest BCUT2D eigenvalue weighted by atomic mass is 10.1. The SMILES string of the molecule is N#Cc1cccc(NC(=S)NC2COC3C2OCC3n2nnnc2Oc2ccc(-n3cncn3)cc2)c1. The fourth-order valence-corrected chi connectivity index (χ4v) is 4.66. The molecule has 0 bridgehead atoms. The molecule has 0 saturated carbocycles. The molecule has 4 heterocycles. The normalized spacial score (nSPS) is 22.2. The fraction of sp³-hybridized carbons (Fsp3) is 0.261. The molecular formula is C23H20N10O3S. The smallest absolute Gasteiger partial charge is 0.341 e. The van der Waals surface area contributed by atoms with Crippen LogP contribution in [0.4, 0.5) is 5.69 Å². The monoisotopic (exact) mass is 516 g/mol. The maximum absolute atomic E-state index is 9.09. The van der Waals surface area contributed by atoms with Gasteiger partial charge in [0.2, 0.25) is 0 Å². The second-order valence-corrected chi connectivity index (χ2v) is 8.81. The number of nitrogens with zero attached hydrogens (tertiary/aromatic N) is 8. The summed E-state index contributed by atoms with van der Waals surface area (Å²) in [5.41, 5.74) is 2.12. The molecule has 4 atom stereocenters. The third-order valence-electron chi connectivity index (χ3n) is 6.10. The molecule has 37 heavy (non-hydrogen) atoms. The van der Waals surface area contributed by atoms with Crippen molar-refractivity contribution in [2.24, 2.45) is 0 Å². The van der Waals surface area contributed by atoms with Crippen molar-refractivity contribution in [2.75, 3.05) is 18.5 Å². The average molecular weight is 517 g/mol. The van der Waals surface area contributed by atoms with Crippen molar-refractivity contribution >= 4 is 23.0 Å². The van der Waals surface area contributed by atoms with E-state index in [4.69, 9.17) is 31.7 Å². The second kappa shape index (κ2) is 9.90. The number of aromatic nitrogens is 7. The molecule has 0 spiro atoms. The van der Waals surface area contributed by atoms with Crippen molar-refractivity contribution in [1.29, 1.82) is 5.26 Å². The Hall–Kier alpha value is -4.45. The van der Waals surface area contributed by atoms with Crippen LogP contribution in [0.25, 0.3) is 5.69 Å². The fourth-order valence-electron chi connectivity index (χ4n) is 4.39. The number of ether oxygens (including phenoxy) is 3. The topological polar surface area (TPSA) is 150 Å². The first-order valence-corrected chi connectivity index (χ1v) is 11.8. The molecule has 0 amide bonds. The van der Waals surface area contributed by atoms with Gasteiger partial charge in [-0.1, -0.05) is 11.2 Å². The van der Waals surface area contributed by atoms with Crippen LogP contribution in [0.3, 0.4) is 0 Å². The van der Waals surface area contributed by atoms with Gasteiger partial charge < -0.3 is 24.8 Å². The molecular weight excluding hydrogens is 496 g/mol. The van der Waals surface area contributed by atoms with E-state index in [9.17, 15) is 0 Å². The zero-order valence-electron chi connectivity index (χ0n) is 19.2. The zero-order chi connectivity index (χ0) is 25.2. The van der Waals surface area contributed by atoms with E-state index in [1.807, 2.05) is 18.2 Å². The molecule has 6 rings (SSSR count). The summed E-state index contributed by atoms with van der Waals surface area (Å²) in [7, 11) is 0. The van der Waals surface area contributed by atoms with Gasteiger partial charge in [-0.2, -0.15) is 15.0 Å². The van der Waals surface area contributed by atoms with E-state index >= 15 is 0 Å². The molecule has 14 heteroatoms. The number of rotatable bonds is 6. The van der Waals surface area contributed by atoms with E-state index in [2.05, 4.69) is 42.3 Å². The van der Waals surface area contributed by atoms with Crippen LogP contribution in [0, 0.1) is 11.3 Å². The van der Waals surface area contributed by atoms with Gasteiger partial charge in [0.1, 0.15) is 36.7 Å². The first-order chi connectivity index (χ1) is 18.2. The van der Waals surface area contributed by atoms with Crippen molar-refractivity contribution in [1.82, 2.24) is 40.3 Å². The predicted octanol–water partition coefficient (Wildman–Crippen LogP) is 1.61. The highest BCUT2D eigenvalue weighted by Crippen LogP contribution is 2.36. The Morgan fingerprint density at radius 2 is 2.00 bits per heavy atom. The Labute approximate surface area is 216 Å². The molecule has 13 nitrogen and oxygen atoms in total. The largest absolute Gasteiger partial charge is 0.423 e. The second-order valence-electron chi connectivity index (χ2n) is 8.40. The molecule has 4 aromatic rings. The summed E-state index contributed by atoms with van der Waals surface area (Å²) in [6, 6.07) is 16.3. The number of fused-ring (bicyclic) bond motifs is 1. The first-order valence-electron chi connectivity index (χ1n) is 11.4. The summed E-state index contributed by atoms with van der Waals surface area (Å²) < 4.78 is 21.3. The van der Waals surface area contributed by atoms with E-state index in [1.165, 1.54) is 6.33 Å². The number of nitrogens with one attached hydrogen (secondary N) is 2. The maximum Gasteiger partial charge on any atom is 0.341 e. The molecule has 0 aliphatic carbocycles. The maximum atomic E-state index is 9.09. The van der Waals surface area contributed by atoms with E-state index in [1.54, 1.807) is 46.0 Å². The van der Waals surface area contributed by atoms with Gasteiger partial charge in [0.05, 0.1) is 36.6 Å². The van der Waals surface area contributed by atoms with Crippen molar-refractivity contribution in [3.63, 3.8) is 0 Å². The van der Waals surface area contributed by atoms with Crippen LogP contribution in [-0.4, -0.2) is 71.5 Å². The third-order valence-corrected chi connectivity index (χ3v) is 6.32. The minimum atomic E-state index is -0.289. The Morgan fingerprint density at radius 3 is 2.81 bits per heavy atom. The molecule has 2 fully saturated rings. The number of hydrogen-bond acceptors (Lipinski definition) is 10. The van der Waals surface area contributed by atoms with Crippen LogP contribution in [0.2, 0.25) is 0 Å². The number of benzene rings is 2. The molecule has 2 aromatic carbocycles.